The van der Waals surface area contributed by atoms with Crippen molar-refractivity contribution >= 4 is 0 Å². The summed E-state index contributed by atoms with van der Waals surface area (Å²) < 4.78 is 25.3. The average Bonchev–Trinajstić information content (AvgIpc) is 2.77. The van der Waals surface area contributed by atoms with Crippen LogP contribution in [0.15, 0.2) is 60.7 Å². The second-order valence-corrected chi connectivity index (χ2v) is 8.87. The number of benzene rings is 2. The van der Waals surface area contributed by atoms with Gasteiger partial charge in [-0.3, -0.25) is 0 Å². The van der Waals surface area contributed by atoms with E-state index in [1.807, 2.05) is 0 Å². The zero-order valence-corrected chi connectivity index (χ0v) is 18.4. The molecule has 0 bridgehead atoms. The molecule has 0 unspecified atom stereocenters. The van der Waals surface area contributed by atoms with Gasteiger partial charge in [-0.25, -0.2) is 0 Å². The van der Waals surface area contributed by atoms with E-state index >= 15 is 0 Å². The molecule has 1 aliphatic carbocycles. The van der Waals surface area contributed by atoms with E-state index in [0.29, 0.717) is 5.92 Å². The number of halogens is 2. The van der Waals surface area contributed by atoms with Gasteiger partial charge < -0.3 is 0 Å². The van der Waals surface area contributed by atoms with Gasteiger partial charge in [-0.05, 0) is 78.7 Å². The summed E-state index contributed by atoms with van der Waals surface area (Å²) in [5, 5.41) is 0. The van der Waals surface area contributed by atoms with Gasteiger partial charge in [0.25, 0.3) is 6.08 Å². The Hall–Kier alpha value is -1.96. The fourth-order valence-corrected chi connectivity index (χ4v) is 4.87. The molecular weight excluding hydrogens is 374 g/mol. The lowest BCUT2D eigenvalue weighted by molar-refractivity contribution is 0.351. The summed E-state index contributed by atoms with van der Waals surface area (Å²) in [5.74, 6) is 0.509. The highest BCUT2D eigenvalue weighted by Gasteiger charge is 2.24. The molecule has 0 amide bonds. The Morgan fingerprint density at radius 2 is 1.57 bits per heavy atom. The Bertz CT molecular complexity index is 782. The summed E-state index contributed by atoms with van der Waals surface area (Å²) in [6.07, 6.45) is 12.4. The third-order valence-corrected chi connectivity index (χ3v) is 6.59. The number of rotatable bonds is 10. The molecular formula is C28H36F2. The summed E-state index contributed by atoms with van der Waals surface area (Å²) in [4.78, 5) is 0. The minimum absolute atomic E-state index is 0.0396. The molecule has 3 rings (SSSR count). The van der Waals surface area contributed by atoms with E-state index in [9.17, 15) is 8.78 Å². The monoisotopic (exact) mass is 410 g/mol. The first kappa shape index (κ1) is 22.7. The number of hydrogen-bond donors (Lipinski definition) is 0. The molecule has 0 atom stereocenters. The molecule has 162 valence electrons. The lowest BCUT2D eigenvalue weighted by Gasteiger charge is -2.29. The maximum Gasteiger partial charge on any atom is 0.266 e. The molecule has 0 N–H and O–H groups in total. The highest BCUT2D eigenvalue weighted by atomic mass is 19.3. The zero-order chi connectivity index (χ0) is 21.2. The van der Waals surface area contributed by atoms with E-state index in [2.05, 4.69) is 55.5 Å². The number of hydrogen-bond acceptors (Lipinski definition) is 0. The number of allylic oxidation sites excluding steroid dienone is 1. The van der Waals surface area contributed by atoms with E-state index in [4.69, 9.17) is 0 Å². The summed E-state index contributed by atoms with van der Waals surface area (Å²) in [7, 11) is 0. The highest BCUT2D eigenvalue weighted by Crippen LogP contribution is 2.41. The molecule has 1 saturated carbocycles. The maximum atomic E-state index is 12.7. The van der Waals surface area contributed by atoms with Crippen molar-refractivity contribution in [3.63, 3.8) is 0 Å². The first-order valence-corrected chi connectivity index (χ1v) is 11.9. The predicted octanol–water partition coefficient (Wildman–Crippen LogP) is 9.31. The van der Waals surface area contributed by atoms with Crippen LogP contribution in [0, 0.1) is 5.92 Å². The molecule has 2 aromatic rings. The highest BCUT2D eigenvalue weighted by molar-refractivity contribution is 5.68. The first-order valence-electron chi connectivity index (χ1n) is 11.9. The van der Waals surface area contributed by atoms with E-state index in [1.165, 1.54) is 66.9 Å². The Balaban J connectivity index is 1.72. The number of unbranched alkanes of at least 4 members (excludes halogenated alkanes) is 5. The van der Waals surface area contributed by atoms with Crippen molar-refractivity contribution in [1.82, 2.24) is 0 Å². The second-order valence-electron chi connectivity index (χ2n) is 8.87. The van der Waals surface area contributed by atoms with Crippen LogP contribution in [0.1, 0.15) is 88.2 Å². The molecule has 0 heterocycles. The molecule has 0 aliphatic heterocycles. The van der Waals surface area contributed by atoms with Crippen molar-refractivity contribution in [3.8, 4) is 11.1 Å². The average molecular weight is 411 g/mol. The molecule has 30 heavy (non-hydrogen) atoms. The fourth-order valence-electron chi connectivity index (χ4n) is 4.87. The van der Waals surface area contributed by atoms with Gasteiger partial charge in [-0.1, -0.05) is 87.6 Å². The molecule has 2 heteroatoms. The Labute approximate surface area is 181 Å². The summed E-state index contributed by atoms with van der Waals surface area (Å²) in [5.41, 5.74) is 5.43. The quantitative estimate of drug-likeness (QED) is 0.342. The fraction of sp³-hybridized carbons (Fsp3) is 0.500. The normalized spacial score (nSPS) is 18.9. The SMILES string of the molecule is CCCCCCCCc1ccc(-c2ccccc2)c([C@H]2CC[C@H](C=C(F)F)CC2)c1. The standard InChI is InChI=1S/C28H36F2/c1-2-3-4-5-6-8-11-22-16-19-26(24-12-9-7-10-13-24)27(20-22)25-17-14-23(15-18-25)21-28(29)30/h7,9-10,12-13,16,19-21,23,25H,2-6,8,11,14-15,17-18H2,1H3/t23-,25-. The second kappa shape index (κ2) is 12.0. The van der Waals surface area contributed by atoms with Gasteiger partial charge in [0.1, 0.15) is 0 Å². The molecule has 0 spiro atoms. The predicted molar refractivity (Wildman–Crippen MR) is 124 cm³/mol. The molecule has 0 radical (unpaired) electrons. The number of aryl methyl sites for hydroxylation is 1. The van der Waals surface area contributed by atoms with E-state index < -0.39 is 6.08 Å². The molecule has 0 aromatic heterocycles. The smallest absolute Gasteiger partial charge is 0.174 e. The summed E-state index contributed by atoms with van der Waals surface area (Å²) in [6, 6.07) is 17.6. The van der Waals surface area contributed by atoms with Crippen LogP contribution in [-0.2, 0) is 6.42 Å². The van der Waals surface area contributed by atoms with Gasteiger partial charge in [0.2, 0.25) is 0 Å². The van der Waals surface area contributed by atoms with Gasteiger partial charge in [0, 0.05) is 0 Å². The molecule has 1 fully saturated rings. The van der Waals surface area contributed by atoms with Gasteiger partial charge in [-0.2, -0.15) is 8.78 Å². The summed E-state index contributed by atoms with van der Waals surface area (Å²) >= 11 is 0. The van der Waals surface area contributed by atoms with Crippen LogP contribution in [-0.4, -0.2) is 0 Å². The van der Waals surface area contributed by atoms with Gasteiger partial charge in [-0.15, -0.1) is 0 Å². The van der Waals surface area contributed by atoms with Crippen LogP contribution < -0.4 is 0 Å². The molecule has 2 aromatic carbocycles. The van der Waals surface area contributed by atoms with E-state index in [1.54, 1.807) is 0 Å². The zero-order valence-electron chi connectivity index (χ0n) is 18.4. The van der Waals surface area contributed by atoms with Gasteiger partial charge in [0.15, 0.2) is 0 Å². The maximum absolute atomic E-state index is 12.7. The van der Waals surface area contributed by atoms with Gasteiger partial charge >= 0.3 is 0 Å². The van der Waals surface area contributed by atoms with Crippen LogP contribution in [0.4, 0.5) is 8.78 Å². The van der Waals surface area contributed by atoms with Crippen molar-refractivity contribution in [2.45, 2.75) is 83.5 Å². The summed E-state index contributed by atoms with van der Waals surface area (Å²) in [6.45, 7) is 2.26. The molecule has 0 saturated heterocycles. The topological polar surface area (TPSA) is 0 Å². The van der Waals surface area contributed by atoms with Crippen molar-refractivity contribution in [2.24, 2.45) is 5.92 Å². The Morgan fingerprint density at radius 3 is 2.27 bits per heavy atom. The minimum atomic E-state index is -1.52. The first-order chi connectivity index (χ1) is 14.7. The minimum Gasteiger partial charge on any atom is -0.174 e. The molecule has 1 aliphatic rings. The third-order valence-electron chi connectivity index (χ3n) is 6.59. The van der Waals surface area contributed by atoms with E-state index in [0.717, 1.165) is 32.1 Å². The van der Waals surface area contributed by atoms with Crippen molar-refractivity contribution in [1.29, 1.82) is 0 Å². The van der Waals surface area contributed by atoms with Crippen molar-refractivity contribution in [2.75, 3.05) is 0 Å². The van der Waals surface area contributed by atoms with Crippen LogP contribution >= 0.6 is 0 Å². The van der Waals surface area contributed by atoms with E-state index in [-0.39, 0.29) is 5.92 Å². The van der Waals surface area contributed by atoms with Gasteiger partial charge in [0.05, 0.1) is 0 Å². The Morgan fingerprint density at radius 1 is 0.867 bits per heavy atom. The van der Waals surface area contributed by atoms with Crippen LogP contribution in [0.25, 0.3) is 11.1 Å². The molecule has 0 nitrogen and oxygen atoms in total. The largest absolute Gasteiger partial charge is 0.266 e. The third kappa shape index (κ3) is 6.79. The van der Waals surface area contributed by atoms with Crippen LogP contribution in [0.3, 0.4) is 0 Å². The van der Waals surface area contributed by atoms with Crippen molar-refractivity contribution in [3.05, 3.63) is 71.8 Å². The Kier molecular flexibility index (Phi) is 9.11. The van der Waals surface area contributed by atoms with Crippen LogP contribution in [0.2, 0.25) is 0 Å². The lowest BCUT2D eigenvalue weighted by Crippen LogP contribution is -2.13. The lowest BCUT2D eigenvalue weighted by atomic mass is 9.76. The van der Waals surface area contributed by atoms with Crippen LogP contribution in [0.5, 0.6) is 0 Å². The van der Waals surface area contributed by atoms with Crippen molar-refractivity contribution < 1.29 is 8.78 Å².